The van der Waals surface area contributed by atoms with Crippen molar-refractivity contribution in [3.05, 3.63) is 58.9 Å². The molecule has 0 bridgehead atoms. The molecule has 0 aliphatic carbocycles. The largest absolute Gasteiger partial charge is 0.398 e. The second-order valence-corrected chi connectivity index (χ2v) is 6.29. The van der Waals surface area contributed by atoms with Crippen molar-refractivity contribution in [2.24, 2.45) is 0 Å². The van der Waals surface area contributed by atoms with Gasteiger partial charge in [0.15, 0.2) is 5.82 Å². The minimum Gasteiger partial charge on any atom is -0.398 e. The third kappa shape index (κ3) is 3.40. The molecule has 0 fully saturated rings. The molecule has 0 aliphatic rings. The molecule has 2 rings (SSSR count). The maximum atomic E-state index is 13.7. The van der Waals surface area contributed by atoms with Gasteiger partial charge in [-0.2, -0.15) is 0 Å². The lowest BCUT2D eigenvalue weighted by Gasteiger charge is -2.10. The molecule has 0 aliphatic heterocycles. The van der Waals surface area contributed by atoms with E-state index in [1.165, 1.54) is 18.2 Å². The number of nitrogen functional groups attached to an aromatic ring is 1. The Bertz CT molecular complexity index is 735. The monoisotopic (exact) mass is 314 g/mol. The van der Waals surface area contributed by atoms with Crippen LogP contribution in [0.5, 0.6) is 0 Å². The fourth-order valence-corrected chi connectivity index (χ4v) is 3.07. The molecule has 0 saturated heterocycles. The van der Waals surface area contributed by atoms with E-state index in [4.69, 9.17) is 17.3 Å². The Labute approximate surface area is 121 Å². The van der Waals surface area contributed by atoms with E-state index in [9.17, 15) is 12.8 Å². The summed E-state index contributed by atoms with van der Waals surface area (Å²) in [6.45, 7) is 0. The Kier molecular flexibility index (Phi) is 4.15. The van der Waals surface area contributed by atoms with Crippen molar-refractivity contribution in [2.75, 3.05) is 10.5 Å². The van der Waals surface area contributed by atoms with Crippen molar-refractivity contribution in [1.82, 2.24) is 0 Å². The van der Waals surface area contributed by atoms with Gasteiger partial charge in [-0.15, -0.1) is 0 Å². The molecule has 0 amide bonds. The van der Waals surface area contributed by atoms with E-state index in [1.54, 1.807) is 24.3 Å². The fourth-order valence-electron chi connectivity index (χ4n) is 1.66. The molecular weight excluding hydrogens is 303 g/mol. The van der Waals surface area contributed by atoms with Crippen molar-refractivity contribution < 1.29 is 12.8 Å². The normalized spacial score (nSPS) is 11.3. The second kappa shape index (κ2) is 5.68. The SMILES string of the molecule is Nc1ccccc1CS(=O)(=O)Nc1cccc(Cl)c1F. The van der Waals surface area contributed by atoms with Crippen LogP contribution in [0.2, 0.25) is 5.02 Å². The fraction of sp³-hybridized carbons (Fsp3) is 0.0769. The molecule has 2 aromatic carbocycles. The number of para-hydroxylation sites is 1. The summed E-state index contributed by atoms with van der Waals surface area (Å²) in [5.74, 6) is -1.15. The molecule has 0 saturated carbocycles. The number of rotatable bonds is 4. The standard InChI is InChI=1S/C13H12ClFN2O2S/c14-10-5-3-7-12(13(10)15)17-20(18,19)8-9-4-1-2-6-11(9)16/h1-7,17H,8,16H2. The number of sulfonamides is 1. The molecule has 0 aromatic heterocycles. The van der Waals surface area contributed by atoms with Gasteiger partial charge in [0.05, 0.1) is 16.5 Å². The molecule has 0 unspecified atom stereocenters. The second-order valence-electron chi connectivity index (χ2n) is 4.16. The van der Waals surface area contributed by atoms with Gasteiger partial charge in [0.1, 0.15) is 0 Å². The van der Waals surface area contributed by atoms with Gasteiger partial charge in [0.25, 0.3) is 0 Å². The predicted molar refractivity (Wildman–Crippen MR) is 78.5 cm³/mol. The summed E-state index contributed by atoms with van der Waals surface area (Å²) in [5, 5.41) is -0.149. The first kappa shape index (κ1) is 14.6. The highest BCUT2D eigenvalue weighted by Gasteiger charge is 2.16. The minimum absolute atomic E-state index is 0.149. The van der Waals surface area contributed by atoms with E-state index < -0.39 is 15.8 Å². The van der Waals surface area contributed by atoms with Gasteiger partial charge in [-0.25, -0.2) is 12.8 Å². The van der Waals surface area contributed by atoms with Crippen LogP contribution in [0, 0.1) is 5.82 Å². The summed E-state index contributed by atoms with van der Waals surface area (Å²) in [4.78, 5) is 0. The van der Waals surface area contributed by atoms with Crippen molar-refractivity contribution in [3.63, 3.8) is 0 Å². The third-order valence-electron chi connectivity index (χ3n) is 2.62. The maximum absolute atomic E-state index is 13.7. The van der Waals surface area contributed by atoms with Crippen molar-refractivity contribution in [2.45, 2.75) is 5.75 Å². The van der Waals surface area contributed by atoms with Crippen LogP contribution in [0.3, 0.4) is 0 Å². The number of nitrogens with two attached hydrogens (primary N) is 1. The average molecular weight is 315 g/mol. The Morgan fingerprint density at radius 3 is 2.55 bits per heavy atom. The van der Waals surface area contributed by atoms with Crippen LogP contribution in [0.25, 0.3) is 0 Å². The van der Waals surface area contributed by atoms with E-state index >= 15 is 0 Å². The molecule has 7 heteroatoms. The van der Waals surface area contributed by atoms with Crippen LogP contribution in [0.4, 0.5) is 15.8 Å². The summed E-state index contributed by atoms with van der Waals surface area (Å²) < 4.78 is 39.8. The van der Waals surface area contributed by atoms with Crippen LogP contribution >= 0.6 is 11.6 Å². The van der Waals surface area contributed by atoms with Gasteiger partial charge in [-0.1, -0.05) is 35.9 Å². The highest BCUT2D eigenvalue weighted by molar-refractivity contribution is 7.91. The summed E-state index contributed by atoms with van der Waals surface area (Å²) in [7, 11) is -3.78. The highest BCUT2D eigenvalue weighted by atomic mass is 35.5. The Balaban J connectivity index is 2.24. The maximum Gasteiger partial charge on any atom is 0.237 e. The van der Waals surface area contributed by atoms with E-state index in [0.29, 0.717) is 11.3 Å². The van der Waals surface area contributed by atoms with E-state index in [-0.39, 0.29) is 16.5 Å². The van der Waals surface area contributed by atoms with E-state index in [1.807, 2.05) is 0 Å². The number of anilines is 2. The van der Waals surface area contributed by atoms with Crippen molar-refractivity contribution >= 4 is 33.0 Å². The van der Waals surface area contributed by atoms with E-state index in [2.05, 4.69) is 4.72 Å². The number of benzene rings is 2. The lowest BCUT2D eigenvalue weighted by Crippen LogP contribution is -2.16. The first-order chi connectivity index (χ1) is 9.39. The summed E-state index contributed by atoms with van der Waals surface area (Å²) in [6.07, 6.45) is 0. The van der Waals surface area contributed by atoms with Gasteiger partial charge in [0, 0.05) is 5.69 Å². The zero-order valence-corrected chi connectivity index (χ0v) is 11.9. The third-order valence-corrected chi connectivity index (χ3v) is 4.13. The summed E-state index contributed by atoms with van der Waals surface area (Å²) in [5.41, 5.74) is 6.31. The predicted octanol–water partition coefficient (Wildman–Crippen LogP) is 3.00. The first-order valence-corrected chi connectivity index (χ1v) is 7.70. The molecule has 0 spiro atoms. The smallest absolute Gasteiger partial charge is 0.237 e. The number of hydrogen-bond donors (Lipinski definition) is 2. The van der Waals surface area contributed by atoms with Crippen LogP contribution in [0.1, 0.15) is 5.56 Å². The van der Waals surface area contributed by atoms with Crippen molar-refractivity contribution in [1.29, 1.82) is 0 Å². The zero-order valence-electron chi connectivity index (χ0n) is 10.3. The van der Waals surface area contributed by atoms with Crippen LogP contribution in [-0.4, -0.2) is 8.42 Å². The molecule has 0 atom stereocenters. The zero-order chi connectivity index (χ0) is 14.8. The topological polar surface area (TPSA) is 72.2 Å². The lowest BCUT2D eigenvalue weighted by molar-refractivity contribution is 0.598. The number of hydrogen-bond acceptors (Lipinski definition) is 3. The van der Waals surface area contributed by atoms with Gasteiger partial charge in [-0.3, -0.25) is 4.72 Å². The number of halogens is 2. The lowest BCUT2D eigenvalue weighted by atomic mass is 10.2. The van der Waals surface area contributed by atoms with Crippen LogP contribution in [-0.2, 0) is 15.8 Å². The van der Waals surface area contributed by atoms with Gasteiger partial charge >= 0.3 is 0 Å². The summed E-state index contributed by atoms with van der Waals surface area (Å²) in [6, 6.07) is 10.7. The molecule has 4 nitrogen and oxygen atoms in total. The number of nitrogens with one attached hydrogen (secondary N) is 1. The van der Waals surface area contributed by atoms with Gasteiger partial charge in [0.2, 0.25) is 10.0 Å². The minimum atomic E-state index is -3.78. The first-order valence-electron chi connectivity index (χ1n) is 5.67. The Morgan fingerprint density at radius 1 is 1.15 bits per heavy atom. The molecule has 0 heterocycles. The van der Waals surface area contributed by atoms with E-state index in [0.717, 1.165) is 0 Å². The quantitative estimate of drug-likeness (QED) is 0.852. The van der Waals surface area contributed by atoms with Crippen molar-refractivity contribution in [3.8, 4) is 0 Å². The van der Waals surface area contributed by atoms with Gasteiger partial charge < -0.3 is 5.73 Å². The summed E-state index contributed by atoms with van der Waals surface area (Å²) >= 11 is 5.60. The Hall–Kier alpha value is -1.79. The highest BCUT2D eigenvalue weighted by Crippen LogP contribution is 2.24. The molecule has 106 valence electrons. The van der Waals surface area contributed by atoms with Crippen LogP contribution in [0.15, 0.2) is 42.5 Å². The Morgan fingerprint density at radius 2 is 1.85 bits per heavy atom. The molecular formula is C13H12ClFN2O2S. The van der Waals surface area contributed by atoms with Gasteiger partial charge in [-0.05, 0) is 23.8 Å². The molecule has 0 radical (unpaired) electrons. The van der Waals surface area contributed by atoms with Crippen LogP contribution < -0.4 is 10.5 Å². The molecule has 3 N–H and O–H groups in total. The molecule has 2 aromatic rings. The average Bonchev–Trinajstić information content (AvgIpc) is 2.37. The molecule has 20 heavy (non-hydrogen) atoms.